The largest absolute Gasteiger partial charge is 0.493 e. The Morgan fingerprint density at radius 1 is 1.11 bits per heavy atom. The summed E-state index contributed by atoms with van der Waals surface area (Å²) in [5.41, 5.74) is 3.81. The molecule has 2 aromatic rings. The molecule has 1 atom stereocenters. The molecular formula is C20H23N3O4. The van der Waals surface area contributed by atoms with E-state index in [1.54, 1.807) is 32.2 Å². The molecule has 0 spiro atoms. The number of carbonyl (C=O) groups is 2. The van der Waals surface area contributed by atoms with Crippen molar-refractivity contribution in [2.75, 3.05) is 13.7 Å². The summed E-state index contributed by atoms with van der Waals surface area (Å²) < 4.78 is 10.7. The minimum Gasteiger partial charge on any atom is -0.493 e. The summed E-state index contributed by atoms with van der Waals surface area (Å²) in [5, 5.41) is 6.43. The van der Waals surface area contributed by atoms with Crippen LogP contribution >= 0.6 is 0 Å². The van der Waals surface area contributed by atoms with Crippen LogP contribution in [0.25, 0.3) is 0 Å². The molecule has 2 N–H and O–H groups in total. The summed E-state index contributed by atoms with van der Waals surface area (Å²) in [6.07, 6.45) is 1.42. The topological polar surface area (TPSA) is 89.0 Å². The van der Waals surface area contributed by atoms with Gasteiger partial charge in [-0.15, -0.1) is 0 Å². The second kappa shape index (κ2) is 9.96. The van der Waals surface area contributed by atoms with Crippen LogP contribution in [0.1, 0.15) is 31.0 Å². The van der Waals surface area contributed by atoms with Crippen molar-refractivity contribution in [2.24, 2.45) is 5.10 Å². The molecule has 0 heterocycles. The van der Waals surface area contributed by atoms with Gasteiger partial charge in [-0.1, -0.05) is 30.3 Å². The van der Waals surface area contributed by atoms with Crippen LogP contribution in [0.3, 0.4) is 0 Å². The van der Waals surface area contributed by atoms with E-state index in [-0.39, 0.29) is 6.04 Å². The minimum absolute atomic E-state index is 0.288. The Morgan fingerprint density at radius 2 is 1.85 bits per heavy atom. The summed E-state index contributed by atoms with van der Waals surface area (Å²) in [5.74, 6) is -0.420. The average molecular weight is 369 g/mol. The molecule has 0 saturated heterocycles. The molecule has 0 aliphatic carbocycles. The molecule has 27 heavy (non-hydrogen) atoms. The Morgan fingerprint density at radius 3 is 2.52 bits per heavy atom. The molecule has 0 unspecified atom stereocenters. The van der Waals surface area contributed by atoms with Gasteiger partial charge in [-0.3, -0.25) is 9.59 Å². The highest BCUT2D eigenvalue weighted by Gasteiger charge is 2.16. The molecule has 0 radical (unpaired) electrons. The molecule has 2 rings (SSSR count). The number of nitrogens with zero attached hydrogens (tertiary/aromatic N) is 1. The Labute approximate surface area is 158 Å². The highest BCUT2D eigenvalue weighted by atomic mass is 16.5. The predicted octanol–water partition coefficient (Wildman–Crippen LogP) is 2.42. The summed E-state index contributed by atoms with van der Waals surface area (Å²) >= 11 is 0. The standard InChI is InChI=1S/C20H23N3O4/c1-4-27-17-11-10-15(12-18(17)26-3)13-21-23-20(25)19(24)22-14(2)16-8-6-5-7-9-16/h5-14H,4H2,1-3H3,(H,22,24)(H,23,25)/b21-13-/t14-/m0/s1. The highest BCUT2D eigenvalue weighted by Crippen LogP contribution is 2.27. The smallest absolute Gasteiger partial charge is 0.329 e. The van der Waals surface area contributed by atoms with Crippen LogP contribution in [0.2, 0.25) is 0 Å². The van der Waals surface area contributed by atoms with Crippen molar-refractivity contribution in [1.29, 1.82) is 0 Å². The van der Waals surface area contributed by atoms with Gasteiger partial charge in [0.25, 0.3) is 0 Å². The van der Waals surface area contributed by atoms with Crippen LogP contribution in [-0.4, -0.2) is 31.7 Å². The number of hydrogen-bond donors (Lipinski definition) is 2. The Hall–Kier alpha value is -3.35. The lowest BCUT2D eigenvalue weighted by Crippen LogP contribution is -2.39. The van der Waals surface area contributed by atoms with E-state index in [4.69, 9.17) is 9.47 Å². The first-order valence-electron chi connectivity index (χ1n) is 8.54. The Bertz CT molecular complexity index is 806. The highest BCUT2D eigenvalue weighted by molar-refractivity contribution is 6.35. The van der Waals surface area contributed by atoms with E-state index in [9.17, 15) is 9.59 Å². The van der Waals surface area contributed by atoms with Crippen molar-refractivity contribution in [3.05, 3.63) is 59.7 Å². The van der Waals surface area contributed by atoms with Crippen LogP contribution in [0.5, 0.6) is 11.5 Å². The molecule has 2 aromatic carbocycles. The molecule has 0 bridgehead atoms. The second-order valence-corrected chi connectivity index (χ2v) is 5.65. The quantitative estimate of drug-likeness (QED) is 0.446. The third kappa shape index (κ3) is 5.85. The van der Waals surface area contributed by atoms with Gasteiger partial charge in [-0.25, -0.2) is 5.43 Å². The van der Waals surface area contributed by atoms with Crippen molar-refractivity contribution in [1.82, 2.24) is 10.7 Å². The van der Waals surface area contributed by atoms with Gasteiger partial charge in [0.2, 0.25) is 0 Å². The van der Waals surface area contributed by atoms with Crippen molar-refractivity contribution >= 4 is 18.0 Å². The van der Waals surface area contributed by atoms with Gasteiger partial charge in [0.15, 0.2) is 11.5 Å². The molecule has 0 aromatic heterocycles. The van der Waals surface area contributed by atoms with Crippen LogP contribution in [0.15, 0.2) is 53.6 Å². The van der Waals surface area contributed by atoms with Crippen molar-refractivity contribution in [2.45, 2.75) is 19.9 Å². The number of rotatable bonds is 7. The lowest BCUT2D eigenvalue weighted by atomic mass is 10.1. The second-order valence-electron chi connectivity index (χ2n) is 5.65. The van der Waals surface area contributed by atoms with Crippen LogP contribution < -0.4 is 20.2 Å². The number of methoxy groups -OCH3 is 1. The lowest BCUT2D eigenvalue weighted by molar-refractivity contribution is -0.139. The van der Waals surface area contributed by atoms with E-state index in [2.05, 4.69) is 15.8 Å². The first-order chi connectivity index (χ1) is 13.0. The predicted molar refractivity (Wildman–Crippen MR) is 103 cm³/mol. The van der Waals surface area contributed by atoms with Gasteiger partial charge in [0.1, 0.15) is 0 Å². The van der Waals surface area contributed by atoms with E-state index in [1.807, 2.05) is 37.3 Å². The average Bonchev–Trinajstić information content (AvgIpc) is 2.69. The van der Waals surface area contributed by atoms with Crippen molar-refractivity contribution in [3.63, 3.8) is 0 Å². The van der Waals surface area contributed by atoms with Crippen molar-refractivity contribution < 1.29 is 19.1 Å². The zero-order valence-electron chi connectivity index (χ0n) is 15.6. The molecule has 7 nitrogen and oxygen atoms in total. The summed E-state index contributed by atoms with van der Waals surface area (Å²) in [6, 6.07) is 14.3. The van der Waals surface area contributed by atoms with Gasteiger partial charge < -0.3 is 14.8 Å². The SMILES string of the molecule is CCOc1ccc(/C=N\NC(=O)C(=O)N[C@@H](C)c2ccccc2)cc1OC. The number of benzene rings is 2. The maximum absolute atomic E-state index is 12.0. The zero-order chi connectivity index (χ0) is 19.6. The normalized spacial score (nSPS) is 11.7. The molecular weight excluding hydrogens is 346 g/mol. The van der Waals surface area contributed by atoms with E-state index in [0.717, 1.165) is 5.56 Å². The molecule has 2 amide bonds. The van der Waals surface area contributed by atoms with E-state index >= 15 is 0 Å². The summed E-state index contributed by atoms with van der Waals surface area (Å²) in [4.78, 5) is 23.8. The fourth-order valence-electron chi connectivity index (χ4n) is 2.34. The number of hydrazone groups is 1. The molecule has 142 valence electrons. The Balaban J connectivity index is 1.91. The van der Waals surface area contributed by atoms with Crippen LogP contribution in [0.4, 0.5) is 0 Å². The van der Waals surface area contributed by atoms with Gasteiger partial charge in [-0.05, 0) is 43.2 Å². The van der Waals surface area contributed by atoms with Gasteiger partial charge >= 0.3 is 11.8 Å². The first-order valence-corrected chi connectivity index (χ1v) is 8.54. The molecule has 0 fully saturated rings. The number of amides is 2. The van der Waals surface area contributed by atoms with Gasteiger partial charge in [0, 0.05) is 0 Å². The monoisotopic (exact) mass is 369 g/mol. The molecule has 7 heteroatoms. The Kier molecular flexibility index (Phi) is 7.37. The molecule has 0 aliphatic heterocycles. The number of carbonyl (C=O) groups excluding carboxylic acids is 2. The number of hydrogen-bond acceptors (Lipinski definition) is 5. The third-order valence-electron chi connectivity index (χ3n) is 3.72. The van der Waals surface area contributed by atoms with Gasteiger partial charge in [-0.2, -0.15) is 5.10 Å². The fraction of sp³-hybridized carbons (Fsp3) is 0.250. The minimum atomic E-state index is -0.841. The van der Waals surface area contributed by atoms with E-state index in [0.29, 0.717) is 23.7 Å². The van der Waals surface area contributed by atoms with E-state index in [1.165, 1.54) is 6.21 Å². The van der Waals surface area contributed by atoms with Crippen LogP contribution in [0, 0.1) is 0 Å². The molecule has 0 aliphatic rings. The van der Waals surface area contributed by atoms with Crippen LogP contribution in [-0.2, 0) is 9.59 Å². The lowest BCUT2D eigenvalue weighted by Gasteiger charge is -2.13. The molecule has 0 saturated carbocycles. The van der Waals surface area contributed by atoms with Crippen molar-refractivity contribution in [3.8, 4) is 11.5 Å². The maximum Gasteiger partial charge on any atom is 0.329 e. The maximum atomic E-state index is 12.0. The number of ether oxygens (including phenoxy) is 2. The van der Waals surface area contributed by atoms with Gasteiger partial charge in [0.05, 0.1) is 26.0 Å². The number of nitrogens with one attached hydrogen (secondary N) is 2. The zero-order valence-corrected chi connectivity index (χ0v) is 15.6. The fourth-order valence-corrected chi connectivity index (χ4v) is 2.34. The summed E-state index contributed by atoms with van der Waals surface area (Å²) in [6.45, 7) is 4.21. The third-order valence-corrected chi connectivity index (χ3v) is 3.72. The first kappa shape index (κ1) is 20.0. The summed E-state index contributed by atoms with van der Waals surface area (Å²) in [7, 11) is 1.54. The van der Waals surface area contributed by atoms with E-state index < -0.39 is 11.8 Å².